The lowest BCUT2D eigenvalue weighted by atomic mass is 10.0. The Morgan fingerprint density at radius 1 is 0.283 bits per heavy atom. The van der Waals surface area contributed by atoms with E-state index in [-0.39, 0.29) is 31.1 Å². The summed E-state index contributed by atoms with van der Waals surface area (Å²) in [5, 5.41) is 0. The molecule has 0 rings (SSSR count). The number of carbonyl (C=O) groups is 3. The minimum absolute atomic E-state index is 0.0647. The Kier molecular flexibility index (Phi) is 44.2. The number of hydrogen-bond donors (Lipinski definition) is 0. The molecule has 1 atom stereocenters. The molecule has 0 heterocycles. The first kappa shape index (κ1) is 58.4. The molecule has 0 aromatic heterocycles. The van der Waals surface area contributed by atoms with E-state index in [0.717, 1.165) is 75.5 Å². The van der Waals surface area contributed by atoms with Crippen LogP contribution >= 0.6 is 0 Å². The van der Waals surface area contributed by atoms with Crippen LogP contribution in [0, 0.1) is 17.8 Å². The van der Waals surface area contributed by atoms with Crippen LogP contribution in [0.25, 0.3) is 0 Å². The number of carbonyl (C=O) groups excluding carboxylic acids is 3. The second-order valence-corrected chi connectivity index (χ2v) is 19.9. The van der Waals surface area contributed by atoms with Crippen molar-refractivity contribution < 1.29 is 28.6 Å². The molecule has 0 spiro atoms. The van der Waals surface area contributed by atoms with E-state index in [1.807, 2.05) is 0 Å². The van der Waals surface area contributed by atoms with Crippen molar-refractivity contribution in [1.82, 2.24) is 0 Å². The third kappa shape index (κ3) is 47.5. The monoisotopic (exact) mass is 849 g/mol. The molecule has 0 aliphatic rings. The highest BCUT2D eigenvalue weighted by atomic mass is 16.6. The first-order valence-corrected chi connectivity index (χ1v) is 26.6. The number of rotatable bonds is 47. The Morgan fingerprint density at radius 2 is 0.483 bits per heavy atom. The number of hydrogen-bond acceptors (Lipinski definition) is 6. The first-order valence-electron chi connectivity index (χ1n) is 26.6. The van der Waals surface area contributed by atoms with Crippen molar-refractivity contribution in [3.8, 4) is 0 Å². The van der Waals surface area contributed by atoms with Gasteiger partial charge in [0.25, 0.3) is 0 Å². The van der Waals surface area contributed by atoms with Gasteiger partial charge in [-0.25, -0.2) is 0 Å². The number of ether oxygens (including phenoxy) is 3. The van der Waals surface area contributed by atoms with Crippen LogP contribution in [0.15, 0.2) is 0 Å². The smallest absolute Gasteiger partial charge is 0.306 e. The van der Waals surface area contributed by atoms with E-state index in [2.05, 4.69) is 41.5 Å². The van der Waals surface area contributed by atoms with Gasteiger partial charge >= 0.3 is 17.9 Å². The molecule has 0 aromatic carbocycles. The van der Waals surface area contributed by atoms with Gasteiger partial charge in [-0.15, -0.1) is 0 Å². The van der Waals surface area contributed by atoms with Crippen molar-refractivity contribution in [2.45, 2.75) is 298 Å². The molecule has 0 N–H and O–H groups in total. The van der Waals surface area contributed by atoms with E-state index in [9.17, 15) is 14.4 Å². The maximum atomic E-state index is 12.8. The van der Waals surface area contributed by atoms with E-state index < -0.39 is 6.10 Å². The van der Waals surface area contributed by atoms with E-state index in [4.69, 9.17) is 14.2 Å². The minimum Gasteiger partial charge on any atom is -0.462 e. The molecule has 0 saturated heterocycles. The molecular weight excluding hydrogens is 745 g/mol. The fourth-order valence-corrected chi connectivity index (χ4v) is 8.12. The van der Waals surface area contributed by atoms with Crippen molar-refractivity contribution in [2.24, 2.45) is 17.8 Å². The van der Waals surface area contributed by atoms with Crippen molar-refractivity contribution in [3.05, 3.63) is 0 Å². The summed E-state index contributed by atoms with van der Waals surface area (Å²) in [4.78, 5) is 38.0. The number of unbranched alkanes of at least 4 members (excludes halogenated alkanes) is 30. The Labute approximate surface area is 374 Å². The molecule has 0 bridgehead atoms. The predicted octanol–water partition coefficient (Wildman–Crippen LogP) is 17.2. The molecule has 0 radical (unpaired) electrons. The van der Waals surface area contributed by atoms with Gasteiger partial charge in [-0.3, -0.25) is 14.4 Å². The summed E-state index contributed by atoms with van der Waals surface area (Å²) in [5.74, 6) is 1.61. The molecule has 0 aliphatic heterocycles. The zero-order valence-electron chi connectivity index (χ0n) is 41.3. The second kappa shape index (κ2) is 45.4. The minimum atomic E-state index is -0.763. The van der Waals surface area contributed by atoms with Gasteiger partial charge in [0.1, 0.15) is 13.2 Å². The highest BCUT2D eigenvalue weighted by Crippen LogP contribution is 2.18. The van der Waals surface area contributed by atoms with Gasteiger partial charge in [-0.1, -0.05) is 253 Å². The Bertz CT molecular complexity index is 929. The van der Waals surface area contributed by atoms with Crippen LogP contribution in [0.5, 0.6) is 0 Å². The van der Waals surface area contributed by atoms with Crippen molar-refractivity contribution in [3.63, 3.8) is 0 Å². The average molecular weight is 849 g/mol. The van der Waals surface area contributed by atoms with Gasteiger partial charge in [0, 0.05) is 19.3 Å². The van der Waals surface area contributed by atoms with Gasteiger partial charge in [0.05, 0.1) is 0 Å². The summed E-state index contributed by atoms with van der Waals surface area (Å²) in [6.45, 7) is 13.7. The lowest BCUT2D eigenvalue weighted by molar-refractivity contribution is -0.167. The second-order valence-electron chi connectivity index (χ2n) is 19.9. The first-order chi connectivity index (χ1) is 29.1. The predicted molar refractivity (Wildman–Crippen MR) is 256 cm³/mol. The fraction of sp³-hybridized carbons (Fsp3) is 0.944. The van der Waals surface area contributed by atoms with Gasteiger partial charge in [-0.2, -0.15) is 0 Å². The van der Waals surface area contributed by atoms with E-state index in [1.54, 1.807) is 0 Å². The largest absolute Gasteiger partial charge is 0.462 e. The van der Waals surface area contributed by atoms with E-state index in [0.29, 0.717) is 19.3 Å². The van der Waals surface area contributed by atoms with Crippen LogP contribution < -0.4 is 0 Å². The summed E-state index contributed by atoms with van der Waals surface area (Å²) in [6, 6.07) is 0. The van der Waals surface area contributed by atoms with Crippen molar-refractivity contribution >= 4 is 17.9 Å². The molecule has 0 aliphatic carbocycles. The van der Waals surface area contributed by atoms with Gasteiger partial charge in [0.2, 0.25) is 0 Å². The zero-order chi connectivity index (χ0) is 44.2. The van der Waals surface area contributed by atoms with Crippen molar-refractivity contribution in [1.29, 1.82) is 0 Å². The Hall–Kier alpha value is -1.59. The fourth-order valence-electron chi connectivity index (χ4n) is 8.12. The number of esters is 3. The molecule has 0 fully saturated rings. The molecule has 6 heteroatoms. The van der Waals surface area contributed by atoms with E-state index in [1.165, 1.54) is 173 Å². The molecule has 0 aromatic rings. The molecular formula is C54H104O6. The normalized spacial score (nSPS) is 12.2. The van der Waals surface area contributed by atoms with Crippen LogP contribution in [-0.2, 0) is 28.6 Å². The third-order valence-corrected chi connectivity index (χ3v) is 12.1. The Balaban J connectivity index is 4.28. The molecule has 60 heavy (non-hydrogen) atoms. The lowest BCUT2D eigenvalue weighted by Crippen LogP contribution is -2.30. The summed E-state index contributed by atoms with van der Waals surface area (Å²) in [5.41, 5.74) is 0. The lowest BCUT2D eigenvalue weighted by Gasteiger charge is -2.18. The summed E-state index contributed by atoms with van der Waals surface area (Å²) in [6.07, 6.45) is 45.2. The van der Waals surface area contributed by atoms with Gasteiger partial charge in [0.15, 0.2) is 6.10 Å². The Morgan fingerprint density at radius 3 is 0.717 bits per heavy atom. The third-order valence-electron chi connectivity index (χ3n) is 12.1. The highest BCUT2D eigenvalue weighted by Gasteiger charge is 2.19. The maximum absolute atomic E-state index is 12.8. The SMILES string of the molecule is CC(C)CCCCCCCCCCCCCCCCC(=O)OC[C@H](COC(=O)CCCCCCCCCCCCCC(C)C)OC(=O)CCCCCCCCCCC(C)C. The standard InChI is InChI=1S/C54H104O6/c1-48(2)40-34-28-22-16-12-9-7-8-10-14-18-25-31-37-43-52(55)58-46-51(60-54(57)45-39-33-27-21-20-24-30-36-42-50(5)6)47-59-53(56)44-38-32-26-19-15-11-13-17-23-29-35-41-49(3)4/h48-51H,7-47H2,1-6H3/t51-/m1/s1. The molecule has 356 valence electrons. The average Bonchev–Trinajstić information content (AvgIpc) is 3.20. The van der Waals surface area contributed by atoms with Gasteiger partial charge < -0.3 is 14.2 Å². The topological polar surface area (TPSA) is 78.9 Å². The van der Waals surface area contributed by atoms with E-state index >= 15 is 0 Å². The van der Waals surface area contributed by atoms with Crippen LogP contribution in [0.4, 0.5) is 0 Å². The molecule has 0 saturated carbocycles. The quantitative estimate of drug-likeness (QED) is 0.0345. The molecule has 0 unspecified atom stereocenters. The molecule has 6 nitrogen and oxygen atoms in total. The summed E-state index contributed by atoms with van der Waals surface area (Å²) in [7, 11) is 0. The van der Waals surface area contributed by atoms with Crippen LogP contribution in [0.1, 0.15) is 292 Å². The van der Waals surface area contributed by atoms with Crippen LogP contribution in [-0.4, -0.2) is 37.2 Å². The summed E-state index contributed by atoms with van der Waals surface area (Å²) < 4.78 is 16.8. The summed E-state index contributed by atoms with van der Waals surface area (Å²) >= 11 is 0. The highest BCUT2D eigenvalue weighted by molar-refractivity contribution is 5.71. The van der Waals surface area contributed by atoms with Crippen LogP contribution in [0.3, 0.4) is 0 Å². The van der Waals surface area contributed by atoms with Crippen LogP contribution in [0.2, 0.25) is 0 Å². The maximum Gasteiger partial charge on any atom is 0.306 e. The van der Waals surface area contributed by atoms with Crippen molar-refractivity contribution in [2.75, 3.05) is 13.2 Å². The zero-order valence-corrected chi connectivity index (χ0v) is 41.3. The van der Waals surface area contributed by atoms with Gasteiger partial charge in [-0.05, 0) is 37.0 Å². The molecule has 0 amide bonds.